The maximum atomic E-state index is 13.2. The van der Waals surface area contributed by atoms with Crippen molar-refractivity contribution in [2.24, 2.45) is 0 Å². The first-order valence-electron chi connectivity index (χ1n) is 6.31. The number of hydrogen-bond acceptors (Lipinski definition) is 2. The van der Waals surface area contributed by atoms with Gasteiger partial charge in [-0.05, 0) is 32.3 Å². The number of imidazole rings is 1. The van der Waals surface area contributed by atoms with Gasteiger partial charge in [-0.25, -0.2) is 9.37 Å². The lowest BCUT2D eigenvalue weighted by Gasteiger charge is -2.09. The van der Waals surface area contributed by atoms with Crippen molar-refractivity contribution in [3.63, 3.8) is 0 Å². The molecule has 0 radical (unpaired) electrons. The van der Waals surface area contributed by atoms with Crippen molar-refractivity contribution in [2.45, 2.75) is 12.7 Å². The molecule has 0 saturated heterocycles. The molecule has 0 aliphatic rings. The van der Waals surface area contributed by atoms with Crippen LogP contribution >= 0.6 is 0 Å². The van der Waals surface area contributed by atoms with Crippen molar-refractivity contribution in [1.82, 2.24) is 14.5 Å². The highest BCUT2D eigenvalue weighted by atomic mass is 19.4. The van der Waals surface area contributed by atoms with Crippen LogP contribution in [-0.4, -0.2) is 35.1 Å². The average molecular weight is 301 g/mol. The molecule has 1 aromatic carbocycles. The molecule has 7 heteroatoms. The smallest absolute Gasteiger partial charge is 0.336 e. The third-order valence-electron chi connectivity index (χ3n) is 3.01. The van der Waals surface area contributed by atoms with Gasteiger partial charge in [-0.2, -0.15) is 13.2 Å². The molecule has 0 atom stereocenters. The van der Waals surface area contributed by atoms with E-state index in [0.29, 0.717) is 12.2 Å². The van der Waals surface area contributed by atoms with Crippen LogP contribution in [0.3, 0.4) is 0 Å². The zero-order chi connectivity index (χ0) is 15.6. The highest BCUT2D eigenvalue weighted by Crippen LogP contribution is 2.33. The van der Waals surface area contributed by atoms with E-state index in [4.69, 9.17) is 0 Å². The Balaban J connectivity index is 2.26. The van der Waals surface area contributed by atoms with E-state index in [1.54, 1.807) is 17.1 Å². The second-order valence-corrected chi connectivity index (χ2v) is 4.99. The molecule has 2 rings (SSSR count). The summed E-state index contributed by atoms with van der Waals surface area (Å²) in [5, 5.41) is 0. The minimum atomic E-state index is -4.71. The SMILES string of the molecule is CN(C)CCn1cnc(-c2ccc(F)c(C(F)(F)F)c2)c1. The Bertz CT molecular complexity index is 617. The first-order chi connectivity index (χ1) is 9.77. The Labute approximate surface area is 119 Å². The van der Waals surface area contributed by atoms with Crippen molar-refractivity contribution in [2.75, 3.05) is 20.6 Å². The molecular formula is C14H15F4N3. The van der Waals surface area contributed by atoms with Gasteiger partial charge in [-0.1, -0.05) is 0 Å². The van der Waals surface area contributed by atoms with Crippen LogP contribution in [0.2, 0.25) is 0 Å². The van der Waals surface area contributed by atoms with Gasteiger partial charge in [0.2, 0.25) is 0 Å². The zero-order valence-corrected chi connectivity index (χ0v) is 11.7. The maximum absolute atomic E-state index is 13.2. The van der Waals surface area contributed by atoms with Gasteiger partial charge in [0.15, 0.2) is 0 Å². The molecule has 114 valence electrons. The molecule has 1 heterocycles. The lowest BCUT2D eigenvalue weighted by atomic mass is 10.1. The van der Waals surface area contributed by atoms with Crippen LogP contribution in [0.25, 0.3) is 11.3 Å². The van der Waals surface area contributed by atoms with Gasteiger partial charge < -0.3 is 9.47 Å². The van der Waals surface area contributed by atoms with Crippen LogP contribution in [0.4, 0.5) is 17.6 Å². The summed E-state index contributed by atoms with van der Waals surface area (Å²) < 4.78 is 53.1. The molecule has 0 bridgehead atoms. The molecule has 1 aromatic heterocycles. The van der Waals surface area contributed by atoms with Gasteiger partial charge in [0, 0.05) is 24.8 Å². The highest BCUT2D eigenvalue weighted by molar-refractivity contribution is 5.59. The Hall–Kier alpha value is -1.89. The van der Waals surface area contributed by atoms with Gasteiger partial charge in [0.1, 0.15) is 5.82 Å². The van der Waals surface area contributed by atoms with Gasteiger partial charge in [0.05, 0.1) is 17.6 Å². The molecule has 0 N–H and O–H groups in total. The van der Waals surface area contributed by atoms with E-state index in [9.17, 15) is 17.6 Å². The number of benzene rings is 1. The maximum Gasteiger partial charge on any atom is 0.419 e. The minimum Gasteiger partial charge on any atom is -0.336 e. The van der Waals surface area contributed by atoms with Crippen LogP contribution in [-0.2, 0) is 12.7 Å². The fourth-order valence-electron chi connectivity index (χ4n) is 1.85. The summed E-state index contributed by atoms with van der Waals surface area (Å²) in [6.07, 6.45) is -1.51. The molecular weight excluding hydrogens is 286 g/mol. The highest BCUT2D eigenvalue weighted by Gasteiger charge is 2.34. The molecule has 0 amide bonds. The quantitative estimate of drug-likeness (QED) is 0.808. The van der Waals surface area contributed by atoms with Crippen LogP contribution in [0.1, 0.15) is 5.56 Å². The number of aromatic nitrogens is 2. The monoisotopic (exact) mass is 301 g/mol. The lowest BCUT2D eigenvalue weighted by Crippen LogP contribution is -2.17. The number of nitrogens with zero attached hydrogens (tertiary/aromatic N) is 3. The van der Waals surface area contributed by atoms with Crippen LogP contribution < -0.4 is 0 Å². The van der Waals surface area contributed by atoms with Gasteiger partial charge in [-0.15, -0.1) is 0 Å². The number of halogens is 4. The van der Waals surface area contributed by atoms with E-state index < -0.39 is 17.6 Å². The Kier molecular flexibility index (Phi) is 4.32. The fourth-order valence-corrected chi connectivity index (χ4v) is 1.85. The summed E-state index contributed by atoms with van der Waals surface area (Å²) in [5.41, 5.74) is -0.644. The molecule has 3 nitrogen and oxygen atoms in total. The number of hydrogen-bond donors (Lipinski definition) is 0. The molecule has 21 heavy (non-hydrogen) atoms. The van der Waals surface area contributed by atoms with Crippen molar-refractivity contribution in [1.29, 1.82) is 0 Å². The summed E-state index contributed by atoms with van der Waals surface area (Å²) in [6.45, 7) is 1.46. The molecule has 2 aromatic rings. The number of rotatable bonds is 4. The first-order valence-corrected chi connectivity index (χ1v) is 6.31. The molecule has 0 aliphatic heterocycles. The molecule has 0 fully saturated rings. The van der Waals surface area contributed by atoms with Crippen molar-refractivity contribution in [3.8, 4) is 11.3 Å². The third kappa shape index (κ3) is 3.81. The summed E-state index contributed by atoms with van der Waals surface area (Å²) in [5.74, 6) is -1.28. The number of likely N-dealkylation sites (N-methyl/N-ethyl adjacent to an activating group) is 1. The van der Waals surface area contributed by atoms with Gasteiger partial charge in [0.25, 0.3) is 0 Å². The normalized spacial score (nSPS) is 12.1. The molecule has 0 unspecified atom stereocenters. The zero-order valence-electron chi connectivity index (χ0n) is 11.7. The van der Waals surface area contributed by atoms with Crippen molar-refractivity contribution in [3.05, 3.63) is 42.1 Å². The summed E-state index contributed by atoms with van der Waals surface area (Å²) in [7, 11) is 3.85. The van der Waals surface area contributed by atoms with Crippen molar-refractivity contribution < 1.29 is 17.6 Å². The van der Waals surface area contributed by atoms with E-state index in [2.05, 4.69) is 4.98 Å². The molecule has 0 saturated carbocycles. The van der Waals surface area contributed by atoms with E-state index in [0.717, 1.165) is 18.7 Å². The Morgan fingerprint density at radius 2 is 1.95 bits per heavy atom. The van der Waals surface area contributed by atoms with Gasteiger partial charge in [-0.3, -0.25) is 0 Å². The molecule has 0 spiro atoms. The largest absolute Gasteiger partial charge is 0.419 e. The first kappa shape index (κ1) is 15.5. The predicted molar refractivity (Wildman–Crippen MR) is 71.2 cm³/mol. The van der Waals surface area contributed by atoms with E-state index in [-0.39, 0.29) is 5.56 Å². The second-order valence-electron chi connectivity index (χ2n) is 4.99. The van der Waals surface area contributed by atoms with Crippen LogP contribution in [0.15, 0.2) is 30.7 Å². The summed E-state index contributed by atoms with van der Waals surface area (Å²) >= 11 is 0. The van der Waals surface area contributed by atoms with Crippen LogP contribution in [0.5, 0.6) is 0 Å². The summed E-state index contributed by atoms with van der Waals surface area (Å²) in [4.78, 5) is 6.06. The van der Waals surface area contributed by atoms with E-state index >= 15 is 0 Å². The summed E-state index contributed by atoms with van der Waals surface area (Å²) in [6, 6.07) is 2.90. The Morgan fingerprint density at radius 1 is 1.24 bits per heavy atom. The second kappa shape index (κ2) is 5.85. The topological polar surface area (TPSA) is 21.1 Å². The predicted octanol–water partition coefficient (Wildman–Crippen LogP) is 3.27. The van der Waals surface area contributed by atoms with Crippen molar-refractivity contribution >= 4 is 0 Å². The van der Waals surface area contributed by atoms with E-state index in [1.807, 2.05) is 19.0 Å². The van der Waals surface area contributed by atoms with Crippen LogP contribution in [0, 0.1) is 5.82 Å². The number of alkyl halides is 3. The Morgan fingerprint density at radius 3 is 2.57 bits per heavy atom. The lowest BCUT2D eigenvalue weighted by molar-refractivity contribution is -0.139. The standard InChI is InChI=1S/C14H15F4N3/c1-20(2)5-6-21-8-13(19-9-21)10-3-4-12(15)11(7-10)14(16,17)18/h3-4,7-9H,5-6H2,1-2H3. The third-order valence-corrected chi connectivity index (χ3v) is 3.01. The van der Waals surface area contributed by atoms with E-state index in [1.165, 1.54) is 6.07 Å². The minimum absolute atomic E-state index is 0.243. The fraction of sp³-hybridized carbons (Fsp3) is 0.357. The van der Waals surface area contributed by atoms with Gasteiger partial charge >= 0.3 is 6.18 Å². The average Bonchev–Trinajstić information content (AvgIpc) is 2.84. The molecule has 0 aliphatic carbocycles.